The number of nitrogens with zero attached hydrogens (tertiary/aromatic N) is 1. The van der Waals surface area contributed by atoms with Crippen LogP contribution in [0.3, 0.4) is 0 Å². The van der Waals surface area contributed by atoms with Crippen molar-refractivity contribution in [2.24, 2.45) is 0 Å². The molecule has 0 bridgehead atoms. The fourth-order valence-electron chi connectivity index (χ4n) is 0.844. The Bertz CT molecular complexity index is 368. The molecule has 0 spiro atoms. The number of carbonyl (C=O) groups is 1. The largest absolute Gasteiger partial charge is 0.480 e. The van der Waals surface area contributed by atoms with E-state index in [4.69, 9.17) is 16.7 Å². The van der Waals surface area contributed by atoms with Gasteiger partial charge >= 0.3 is 5.97 Å². The summed E-state index contributed by atoms with van der Waals surface area (Å²) in [6.07, 6.45) is 1.62. The normalized spacial score (nSPS) is 11.4. The third-order valence-corrected chi connectivity index (χ3v) is 3.45. The number of aliphatic carboxylic acids is 1. The van der Waals surface area contributed by atoms with E-state index in [1.165, 1.54) is 11.8 Å². The van der Waals surface area contributed by atoms with Crippen LogP contribution in [0.1, 0.15) is 19.5 Å². The minimum absolute atomic E-state index is 0.542. The van der Waals surface area contributed by atoms with Crippen LogP contribution in [-0.2, 0) is 10.5 Å². The fourth-order valence-corrected chi connectivity index (χ4v) is 1.82. The van der Waals surface area contributed by atoms with Gasteiger partial charge in [-0.1, -0.05) is 11.6 Å². The highest BCUT2D eigenvalue weighted by Gasteiger charge is 2.27. The van der Waals surface area contributed by atoms with E-state index in [1.54, 1.807) is 32.2 Å². The van der Waals surface area contributed by atoms with Gasteiger partial charge in [-0.15, -0.1) is 11.8 Å². The molecular weight excluding hydrogens is 234 g/mol. The minimum atomic E-state index is -0.825. The van der Waals surface area contributed by atoms with Gasteiger partial charge in [-0.2, -0.15) is 0 Å². The second-order valence-electron chi connectivity index (χ2n) is 3.57. The third kappa shape index (κ3) is 3.72. The van der Waals surface area contributed by atoms with Gasteiger partial charge in [0.15, 0.2) is 0 Å². The van der Waals surface area contributed by atoms with Crippen molar-refractivity contribution in [3.05, 3.63) is 29.0 Å². The average Bonchev–Trinajstić information content (AvgIpc) is 2.15. The van der Waals surface area contributed by atoms with Gasteiger partial charge in [0.1, 0.15) is 4.75 Å². The average molecular weight is 246 g/mol. The van der Waals surface area contributed by atoms with Crippen molar-refractivity contribution < 1.29 is 9.90 Å². The highest BCUT2D eigenvalue weighted by Crippen LogP contribution is 2.28. The van der Waals surface area contributed by atoms with Crippen LogP contribution < -0.4 is 0 Å². The lowest BCUT2D eigenvalue weighted by Gasteiger charge is -2.17. The van der Waals surface area contributed by atoms with Gasteiger partial charge in [0.2, 0.25) is 0 Å². The zero-order valence-electron chi connectivity index (χ0n) is 8.53. The van der Waals surface area contributed by atoms with Gasteiger partial charge in [-0.3, -0.25) is 9.78 Å². The molecular formula is C10H12ClNO2S. The number of halogens is 1. The maximum Gasteiger partial charge on any atom is 0.319 e. The Morgan fingerprint density at radius 1 is 1.67 bits per heavy atom. The first-order valence-electron chi connectivity index (χ1n) is 4.39. The van der Waals surface area contributed by atoms with Crippen LogP contribution in [0, 0.1) is 0 Å². The molecule has 1 heterocycles. The van der Waals surface area contributed by atoms with Gasteiger partial charge in [-0.05, 0) is 26.0 Å². The van der Waals surface area contributed by atoms with Crippen molar-refractivity contribution in [3.63, 3.8) is 0 Å². The van der Waals surface area contributed by atoms with E-state index < -0.39 is 10.7 Å². The molecule has 0 aliphatic rings. The van der Waals surface area contributed by atoms with Crippen molar-refractivity contribution >= 4 is 29.3 Å². The molecule has 0 fully saturated rings. The molecule has 0 saturated heterocycles. The number of aromatic nitrogens is 1. The zero-order chi connectivity index (χ0) is 11.5. The summed E-state index contributed by atoms with van der Waals surface area (Å²) in [6.45, 7) is 3.34. The van der Waals surface area contributed by atoms with Gasteiger partial charge in [-0.25, -0.2) is 0 Å². The molecule has 0 unspecified atom stereocenters. The van der Waals surface area contributed by atoms with E-state index >= 15 is 0 Å². The summed E-state index contributed by atoms with van der Waals surface area (Å²) in [5, 5.41) is 9.53. The maximum atomic E-state index is 10.8. The second-order valence-corrected chi connectivity index (χ2v) is 5.60. The smallest absolute Gasteiger partial charge is 0.319 e. The lowest BCUT2D eigenvalue weighted by Crippen LogP contribution is -2.27. The van der Waals surface area contributed by atoms with E-state index in [2.05, 4.69) is 4.98 Å². The molecule has 1 N–H and O–H groups in total. The molecule has 3 nitrogen and oxygen atoms in total. The number of carboxylic acid groups (broad SMARTS) is 1. The number of carboxylic acids is 1. The Morgan fingerprint density at radius 2 is 2.33 bits per heavy atom. The zero-order valence-corrected chi connectivity index (χ0v) is 10.1. The molecule has 5 heteroatoms. The van der Waals surface area contributed by atoms with E-state index in [9.17, 15) is 4.79 Å². The van der Waals surface area contributed by atoms with E-state index in [0.29, 0.717) is 10.8 Å². The molecule has 0 saturated carbocycles. The molecule has 0 aliphatic heterocycles. The van der Waals surface area contributed by atoms with Crippen molar-refractivity contribution in [3.8, 4) is 0 Å². The fraction of sp³-hybridized carbons (Fsp3) is 0.400. The van der Waals surface area contributed by atoms with Crippen LogP contribution in [0.5, 0.6) is 0 Å². The summed E-state index contributed by atoms with van der Waals surface area (Å²) in [4.78, 5) is 14.9. The number of pyridine rings is 1. The molecule has 1 aromatic heterocycles. The molecule has 82 valence electrons. The predicted molar refractivity (Wildman–Crippen MR) is 62.3 cm³/mol. The van der Waals surface area contributed by atoms with E-state index in [-0.39, 0.29) is 0 Å². The molecule has 1 rings (SSSR count). The number of hydrogen-bond acceptors (Lipinski definition) is 3. The summed E-state index contributed by atoms with van der Waals surface area (Å²) in [7, 11) is 0. The lowest BCUT2D eigenvalue weighted by molar-refractivity contribution is -0.138. The van der Waals surface area contributed by atoms with Crippen LogP contribution in [-0.4, -0.2) is 20.8 Å². The highest BCUT2D eigenvalue weighted by atomic mass is 35.5. The van der Waals surface area contributed by atoms with Crippen LogP contribution in [0.2, 0.25) is 5.02 Å². The van der Waals surface area contributed by atoms with Crippen molar-refractivity contribution in [1.82, 2.24) is 4.98 Å². The third-order valence-electron chi connectivity index (χ3n) is 1.87. The van der Waals surface area contributed by atoms with E-state index in [0.717, 1.165) is 5.69 Å². The second kappa shape index (κ2) is 4.86. The van der Waals surface area contributed by atoms with Crippen LogP contribution in [0.4, 0.5) is 0 Å². The lowest BCUT2D eigenvalue weighted by atomic mass is 10.2. The van der Waals surface area contributed by atoms with Crippen molar-refractivity contribution in [2.75, 3.05) is 0 Å². The minimum Gasteiger partial charge on any atom is -0.480 e. The van der Waals surface area contributed by atoms with Crippen LogP contribution in [0.25, 0.3) is 0 Å². The Hall–Kier alpha value is -0.740. The summed E-state index contributed by atoms with van der Waals surface area (Å²) in [6, 6.07) is 3.44. The van der Waals surface area contributed by atoms with Gasteiger partial charge in [0.05, 0.1) is 5.69 Å². The number of rotatable bonds is 4. The topological polar surface area (TPSA) is 50.2 Å². The number of hydrogen-bond donors (Lipinski definition) is 1. The van der Waals surface area contributed by atoms with Gasteiger partial charge < -0.3 is 5.11 Å². The molecule has 1 aromatic rings. The first-order chi connectivity index (χ1) is 6.92. The molecule has 0 radical (unpaired) electrons. The summed E-state index contributed by atoms with van der Waals surface area (Å²) in [5.41, 5.74) is 0.793. The molecule has 0 aromatic carbocycles. The maximum absolute atomic E-state index is 10.8. The predicted octanol–water partition coefficient (Wildman–Crippen LogP) is 2.83. The van der Waals surface area contributed by atoms with Crippen LogP contribution >= 0.6 is 23.4 Å². The van der Waals surface area contributed by atoms with Crippen LogP contribution in [0.15, 0.2) is 18.3 Å². The Balaban J connectivity index is 2.61. The van der Waals surface area contributed by atoms with E-state index in [1.807, 2.05) is 0 Å². The summed E-state index contributed by atoms with van der Waals surface area (Å²) in [5.74, 6) is -0.283. The molecule has 0 atom stereocenters. The number of thioether (sulfide) groups is 1. The molecule has 15 heavy (non-hydrogen) atoms. The van der Waals surface area contributed by atoms with Crippen molar-refractivity contribution in [2.45, 2.75) is 24.3 Å². The standard InChI is InChI=1S/C10H12ClNO2S/c1-10(2,9(13)14)15-6-8-5-7(11)3-4-12-8/h3-5H,6H2,1-2H3,(H,13,14). The van der Waals surface area contributed by atoms with Gasteiger partial charge in [0, 0.05) is 17.0 Å². The molecule has 0 aliphatic carbocycles. The summed E-state index contributed by atoms with van der Waals surface area (Å²) >= 11 is 7.12. The van der Waals surface area contributed by atoms with Gasteiger partial charge in [0.25, 0.3) is 0 Å². The first kappa shape index (κ1) is 12.3. The highest BCUT2D eigenvalue weighted by molar-refractivity contribution is 8.00. The Kier molecular flexibility index (Phi) is 3.99. The summed E-state index contributed by atoms with van der Waals surface area (Å²) < 4.78 is -0.802. The van der Waals surface area contributed by atoms with Crippen molar-refractivity contribution in [1.29, 1.82) is 0 Å². The quantitative estimate of drug-likeness (QED) is 0.886. The molecule has 0 amide bonds. The monoisotopic (exact) mass is 245 g/mol. The Morgan fingerprint density at radius 3 is 2.87 bits per heavy atom. The Labute approximate surface area is 97.9 Å². The SMILES string of the molecule is CC(C)(SCc1cc(Cl)ccn1)C(=O)O. The first-order valence-corrected chi connectivity index (χ1v) is 5.76.